The number of carbonyl (C=O) groups excluding carboxylic acids is 1. The summed E-state index contributed by atoms with van der Waals surface area (Å²) in [5, 5.41) is 0. The maximum absolute atomic E-state index is 12.7. The molecule has 3 heterocycles. The van der Waals surface area contributed by atoms with Crippen LogP contribution in [-0.2, 0) is 9.53 Å². The van der Waals surface area contributed by atoms with Gasteiger partial charge in [-0.05, 0) is 50.7 Å². The number of rotatable bonds is 6. The summed E-state index contributed by atoms with van der Waals surface area (Å²) in [6.07, 6.45) is 5.49. The summed E-state index contributed by atoms with van der Waals surface area (Å²) in [5.74, 6) is 1.75. The van der Waals surface area contributed by atoms with Crippen molar-refractivity contribution in [3.63, 3.8) is 0 Å². The van der Waals surface area contributed by atoms with Gasteiger partial charge < -0.3 is 20.3 Å². The fourth-order valence-corrected chi connectivity index (χ4v) is 3.84. The molecule has 0 aliphatic carbocycles. The molecule has 0 radical (unpaired) electrons. The molecule has 2 atom stereocenters. The third-order valence-corrected chi connectivity index (χ3v) is 5.41. The molecule has 25 heavy (non-hydrogen) atoms. The van der Waals surface area contributed by atoms with Crippen LogP contribution < -0.4 is 10.6 Å². The lowest BCUT2D eigenvalue weighted by Gasteiger charge is -2.35. The van der Waals surface area contributed by atoms with Gasteiger partial charge in [-0.2, -0.15) is 0 Å². The number of hydrogen-bond acceptors (Lipinski definition) is 5. The Hall–Kier alpha value is -1.66. The van der Waals surface area contributed by atoms with E-state index in [1.54, 1.807) is 0 Å². The Morgan fingerprint density at radius 2 is 2.12 bits per heavy atom. The summed E-state index contributed by atoms with van der Waals surface area (Å²) >= 11 is 0. The van der Waals surface area contributed by atoms with E-state index in [9.17, 15) is 4.79 Å². The lowest BCUT2D eigenvalue weighted by molar-refractivity contribution is -0.143. The molecule has 6 nitrogen and oxygen atoms in total. The maximum Gasteiger partial charge on any atom is 0.251 e. The van der Waals surface area contributed by atoms with E-state index >= 15 is 0 Å². The SMILES string of the molecule is CCN(CC1CCN(c2ccccn2)CC1)C(=O)[C@@H]1CC[C@H](CN)O1. The smallest absolute Gasteiger partial charge is 0.251 e. The van der Waals surface area contributed by atoms with E-state index in [1.165, 1.54) is 0 Å². The van der Waals surface area contributed by atoms with Gasteiger partial charge in [0.25, 0.3) is 5.91 Å². The molecule has 2 aliphatic heterocycles. The molecule has 6 heteroatoms. The standard InChI is InChI=1S/C19H30N4O2/c1-2-22(19(24)17-7-6-16(13-20)25-17)14-15-8-11-23(12-9-15)18-5-3-4-10-21-18/h3-5,10,15-17H,2,6-9,11-14,20H2,1H3/t16-,17+/m1/s1. The van der Waals surface area contributed by atoms with Gasteiger partial charge in [0, 0.05) is 38.9 Å². The van der Waals surface area contributed by atoms with Crippen LogP contribution in [-0.4, -0.2) is 60.7 Å². The molecule has 0 spiro atoms. The van der Waals surface area contributed by atoms with Crippen molar-refractivity contribution in [3.05, 3.63) is 24.4 Å². The van der Waals surface area contributed by atoms with Gasteiger partial charge in [-0.1, -0.05) is 6.07 Å². The van der Waals surface area contributed by atoms with E-state index in [0.29, 0.717) is 12.5 Å². The van der Waals surface area contributed by atoms with Crippen LogP contribution in [0.1, 0.15) is 32.6 Å². The molecule has 2 fully saturated rings. The monoisotopic (exact) mass is 346 g/mol. The minimum Gasteiger partial charge on any atom is -0.364 e. The van der Waals surface area contributed by atoms with Crippen molar-refractivity contribution < 1.29 is 9.53 Å². The Bertz CT molecular complexity index is 546. The summed E-state index contributed by atoms with van der Waals surface area (Å²) < 4.78 is 5.79. The third kappa shape index (κ3) is 4.50. The van der Waals surface area contributed by atoms with Gasteiger partial charge in [0.15, 0.2) is 0 Å². The van der Waals surface area contributed by atoms with Gasteiger partial charge in [0.2, 0.25) is 0 Å². The van der Waals surface area contributed by atoms with E-state index in [0.717, 1.165) is 57.7 Å². The number of likely N-dealkylation sites (N-methyl/N-ethyl adjacent to an activating group) is 1. The Labute approximate surface area is 150 Å². The van der Waals surface area contributed by atoms with Gasteiger partial charge in [-0.25, -0.2) is 4.98 Å². The molecule has 0 bridgehead atoms. The van der Waals surface area contributed by atoms with Crippen LogP contribution >= 0.6 is 0 Å². The first-order valence-corrected chi connectivity index (χ1v) is 9.51. The first-order chi connectivity index (χ1) is 12.2. The third-order valence-electron chi connectivity index (χ3n) is 5.41. The minimum atomic E-state index is -0.290. The van der Waals surface area contributed by atoms with E-state index in [4.69, 9.17) is 10.5 Å². The zero-order valence-electron chi connectivity index (χ0n) is 15.1. The fourth-order valence-electron chi connectivity index (χ4n) is 3.84. The van der Waals surface area contributed by atoms with Crippen molar-refractivity contribution in [3.8, 4) is 0 Å². The number of amides is 1. The van der Waals surface area contributed by atoms with Gasteiger partial charge in [-0.3, -0.25) is 4.79 Å². The summed E-state index contributed by atoms with van der Waals surface area (Å²) in [6, 6.07) is 6.04. The fraction of sp³-hybridized carbons (Fsp3) is 0.684. The molecule has 2 saturated heterocycles. The summed E-state index contributed by atoms with van der Waals surface area (Å²) in [6.45, 7) is 6.13. The average molecular weight is 346 g/mol. The van der Waals surface area contributed by atoms with Crippen molar-refractivity contribution in [1.29, 1.82) is 0 Å². The van der Waals surface area contributed by atoms with E-state index in [2.05, 4.69) is 22.9 Å². The lowest BCUT2D eigenvalue weighted by Crippen LogP contribution is -2.44. The number of hydrogen-bond donors (Lipinski definition) is 1. The van der Waals surface area contributed by atoms with Crippen molar-refractivity contribution >= 4 is 11.7 Å². The second kappa shape index (κ2) is 8.63. The molecule has 0 aromatic carbocycles. The summed E-state index contributed by atoms with van der Waals surface area (Å²) in [4.78, 5) is 21.5. The zero-order valence-corrected chi connectivity index (χ0v) is 15.1. The summed E-state index contributed by atoms with van der Waals surface area (Å²) in [7, 11) is 0. The molecule has 3 rings (SSSR count). The van der Waals surface area contributed by atoms with E-state index < -0.39 is 0 Å². The highest BCUT2D eigenvalue weighted by atomic mass is 16.5. The molecular formula is C19H30N4O2. The number of carbonyl (C=O) groups is 1. The van der Waals surface area contributed by atoms with Gasteiger partial charge in [-0.15, -0.1) is 0 Å². The number of ether oxygens (including phenoxy) is 1. The van der Waals surface area contributed by atoms with Crippen LogP contribution in [0.4, 0.5) is 5.82 Å². The highest BCUT2D eigenvalue weighted by molar-refractivity contribution is 5.81. The number of anilines is 1. The maximum atomic E-state index is 12.7. The van der Waals surface area contributed by atoms with Crippen LogP contribution in [0, 0.1) is 5.92 Å². The molecule has 1 aromatic heterocycles. The van der Waals surface area contributed by atoms with Crippen LogP contribution in [0.5, 0.6) is 0 Å². The normalized spacial score (nSPS) is 24.5. The highest BCUT2D eigenvalue weighted by Crippen LogP contribution is 2.25. The lowest BCUT2D eigenvalue weighted by atomic mass is 9.96. The predicted molar refractivity (Wildman–Crippen MR) is 98.4 cm³/mol. The number of pyridine rings is 1. The predicted octanol–water partition coefficient (Wildman–Crippen LogP) is 1.65. The van der Waals surface area contributed by atoms with Crippen LogP contribution in [0.3, 0.4) is 0 Å². The van der Waals surface area contributed by atoms with Gasteiger partial charge >= 0.3 is 0 Å². The quantitative estimate of drug-likeness (QED) is 0.848. The number of nitrogens with two attached hydrogens (primary N) is 1. The Balaban J connectivity index is 1.49. The van der Waals surface area contributed by atoms with E-state index in [-0.39, 0.29) is 18.1 Å². The molecule has 0 unspecified atom stereocenters. The zero-order chi connectivity index (χ0) is 17.6. The van der Waals surface area contributed by atoms with Crippen LogP contribution in [0.2, 0.25) is 0 Å². The molecule has 1 aromatic rings. The van der Waals surface area contributed by atoms with Crippen molar-refractivity contribution in [2.45, 2.75) is 44.8 Å². The first kappa shape index (κ1) is 18.1. The Morgan fingerprint density at radius 3 is 2.72 bits per heavy atom. The van der Waals surface area contributed by atoms with Gasteiger partial charge in [0.05, 0.1) is 6.10 Å². The second-order valence-corrected chi connectivity index (χ2v) is 7.06. The molecule has 0 saturated carbocycles. The van der Waals surface area contributed by atoms with Crippen LogP contribution in [0.15, 0.2) is 24.4 Å². The van der Waals surface area contributed by atoms with Crippen molar-refractivity contribution in [2.24, 2.45) is 11.7 Å². The largest absolute Gasteiger partial charge is 0.364 e. The van der Waals surface area contributed by atoms with Crippen LogP contribution in [0.25, 0.3) is 0 Å². The van der Waals surface area contributed by atoms with Gasteiger partial charge in [0.1, 0.15) is 11.9 Å². The molecule has 2 N–H and O–H groups in total. The highest BCUT2D eigenvalue weighted by Gasteiger charge is 2.33. The summed E-state index contributed by atoms with van der Waals surface area (Å²) in [5.41, 5.74) is 5.66. The Morgan fingerprint density at radius 1 is 1.32 bits per heavy atom. The Kier molecular flexibility index (Phi) is 6.26. The van der Waals surface area contributed by atoms with E-state index in [1.807, 2.05) is 23.2 Å². The van der Waals surface area contributed by atoms with Crippen molar-refractivity contribution in [1.82, 2.24) is 9.88 Å². The molecule has 138 valence electrons. The number of nitrogens with zero attached hydrogens (tertiary/aromatic N) is 3. The number of piperidine rings is 1. The topological polar surface area (TPSA) is 71.7 Å². The minimum absolute atomic E-state index is 0.0502. The second-order valence-electron chi connectivity index (χ2n) is 7.06. The first-order valence-electron chi connectivity index (χ1n) is 9.51. The van der Waals surface area contributed by atoms with Crippen molar-refractivity contribution in [2.75, 3.05) is 37.6 Å². The molecule has 1 amide bonds. The molecular weight excluding hydrogens is 316 g/mol. The molecule has 2 aliphatic rings. The average Bonchev–Trinajstić information content (AvgIpc) is 3.16. The number of aromatic nitrogens is 1.